The summed E-state index contributed by atoms with van der Waals surface area (Å²) in [7, 11) is 1.67. The Kier molecular flexibility index (Phi) is 2.14. The normalized spacial score (nSPS) is 12.9. The highest BCUT2D eigenvalue weighted by Gasteiger charge is 2.19. The fraction of sp³-hybridized carbons (Fsp3) is 0.429. The fourth-order valence-corrected chi connectivity index (χ4v) is 1.02. The Morgan fingerprint density at radius 1 is 1.75 bits per heavy atom. The van der Waals surface area contributed by atoms with Crippen LogP contribution in [0.2, 0.25) is 0 Å². The van der Waals surface area contributed by atoms with E-state index < -0.39 is 12.1 Å². The first kappa shape index (κ1) is 8.73. The summed E-state index contributed by atoms with van der Waals surface area (Å²) in [6.45, 7) is 1.65. The van der Waals surface area contributed by atoms with Gasteiger partial charge in [-0.3, -0.25) is 4.68 Å². The molecule has 5 heteroatoms. The van der Waals surface area contributed by atoms with Crippen molar-refractivity contribution in [3.63, 3.8) is 0 Å². The van der Waals surface area contributed by atoms with E-state index in [1.165, 1.54) is 10.9 Å². The van der Waals surface area contributed by atoms with Gasteiger partial charge in [0.15, 0.2) is 6.10 Å². The molecule has 1 atom stereocenters. The van der Waals surface area contributed by atoms with Gasteiger partial charge in [0.25, 0.3) is 0 Å². The standard InChI is InChI=1S/C7H10N2O3/c1-4-5(3-9(2)8-4)6(10)7(11)12/h3,6,10H,1-2H3,(H,11,12). The number of aliphatic carboxylic acids is 1. The number of hydrogen-bond acceptors (Lipinski definition) is 3. The lowest BCUT2D eigenvalue weighted by Crippen LogP contribution is -2.10. The van der Waals surface area contributed by atoms with Crippen LogP contribution < -0.4 is 0 Å². The second-order valence-electron chi connectivity index (χ2n) is 2.58. The maximum atomic E-state index is 10.4. The zero-order chi connectivity index (χ0) is 9.30. The van der Waals surface area contributed by atoms with Crippen molar-refractivity contribution in [3.05, 3.63) is 17.5 Å². The van der Waals surface area contributed by atoms with E-state index in [9.17, 15) is 4.79 Å². The highest BCUT2D eigenvalue weighted by Crippen LogP contribution is 2.15. The number of aliphatic hydroxyl groups is 1. The minimum Gasteiger partial charge on any atom is -0.479 e. The number of aliphatic hydroxyl groups excluding tert-OH is 1. The van der Waals surface area contributed by atoms with Crippen LogP contribution >= 0.6 is 0 Å². The first-order valence-corrected chi connectivity index (χ1v) is 3.43. The van der Waals surface area contributed by atoms with E-state index in [4.69, 9.17) is 10.2 Å². The van der Waals surface area contributed by atoms with Crippen molar-refractivity contribution in [2.45, 2.75) is 13.0 Å². The topological polar surface area (TPSA) is 75.3 Å². The maximum absolute atomic E-state index is 10.4. The van der Waals surface area contributed by atoms with Crippen LogP contribution in [0.3, 0.4) is 0 Å². The quantitative estimate of drug-likeness (QED) is 0.647. The first-order valence-electron chi connectivity index (χ1n) is 3.43. The van der Waals surface area contributed by atoms with Gasteiger partial charge in [-0.05, 0) is 6.92 Å². The van der Waals surface area contributed by atoms with Gasteiger partial charge >= 0.3 is 5.97 Å². The number of carbonyl (C=O) groups is 1. The number of nitrogens with zero attached hydrogens (tertiary/aromatic N) is 2. The number of hydrogen-bond donors (Lipinski definition) is 2. The molecule has 2 N–H and O–H groups in total. The van der Waals surface area contributed by atoms with Crippen LogP contribution in [-0.4, -0.2) is 26.0 Å². The molecule has 1 heterocycles. The maximum Gasteiger partial charge on any atom is 0.337 e. The Labute approximate surface area is 69.2 Å². The van der Waals surface area contributed by atoms with Gasteiger partial charge in [-0.15, -0.1) is 0 Å². The second-order valence-corrected chi connectivity index (χ2v) is 2.58. The predicted octanol–water partition coefficient (Wildman–Crippen LogP) is -0.153. The molecule has 66 valence electrons. The summed E-state index contributed by atoms with van der Waals surface area (Å²) in [4.78, 5) is 10.4. The van der Waals surface area contributed by atoms with Crippen molar-refractivity contribution in [1.29, 1.82) is 0 Å². The Balaban J connectivity index is 3.02. The summed E-state index contributed by atoms with van der Waals surface area (Å²) in [5.41, 5.74) is 0.873. The average Bonchev–Trinajstić information content (AvgIpc) is 2.28. The minimum atomic E-state index is -1.47. The number of rotatable bonds is 2. The van der Waals surface area contributed by atoms with E-state index in [0.29, 0.717) is 11.3 Å². The molecular formula is C7H10N2O3. The summed E-state index contributed by atoms with van der Waals surface area (Å²) in [6, 6.07) is 0. The SMILES string of the molecule is Cc1nn(C)cc1C(O)C(=O)O. The number of carboxylic acid groups (broad SMARTS) is 1. The Morgan fingerprint density at radius 3 is 2.67 bits per heavy atom. The van der Waals surface area contributed by atoms with Gasteiger partial charge in [-0.1, -0.05) is 0 Å². The van der Waals surface area contributed by atoms with Crippen molar-refractivity contribution in [1.82, 2.24) is 9.78 Å². The van der Waals surface area contributed by atoms with Gasteiger partial charge in [0, 0.05) is 18.8 Å². The van der Waals surface area contributed by atoms with Crippen LogP contribution in [0, 0.1) is 6.92 Å². The molecule has 0 saturated carbocycles. The Bertz CT molecular complexity index is 306. The molecule has 1 aromatic rings. The largest absolute Gasteiger partial charge is 0.479 e. The molecular weight excluding hydrogens is 160 g/mol. The van der Waals surface area contributed by atoms with Crippen LogP contribution in [-0.2, 0) is 11.8 Å². The summed E-state index contributed by atoms with van der Waals surface area (Å²) in [5.74, 6) is -1.26. The lowest BCUT2D eigenvalue weighted by Gasteiger charge is -2.01. The van der Waals surface area contributed by atoms with E-state index in [0.717, 1.165) is 0 Å². The molecule has 0 radical (unpaired) electrons. The molecule has 0 spiro atoms. The molecule has 0 amide bonds. The van der Waals surface area contributed by atoms with Crippen LogP contribution in [0.4, 0.5) is 0 Å². The highest BCUT2D eigenvalue weighted by atomic mass is 16.4. The minimum absolute atomic E-state index is 0.338. The van der Waals surface area contributed by atoms with Crippen molar-refractivity contribution in [2.75, 3.05) is 0 Å². The summed E-state index contributed by atoms with van der Waals surface area (Å²) < 4.78 is 1.47. The monoisotopic (exact) mass is 170 g/mol. The van der Waals surface area contributed by atoms with Crippen LogP contribution in [0.1, 0.15) is 17.4 Å². The van der Waals surface area contributed by atoms with E-state index >= 15 is 0 Å². The number of aryl methyl sites for hydroxylation is 2. The molecule has 0 bridgehead atoms. The lowest BCUT2D eigenvalue weighted by atomic mass is 10.1. The second kappa shape index (κ2) is 2.94. The Hall–Kier alpha value is -1.36. The molecule has 5 nitrogen and oxygen atoms in total. The molecule has 12 heavy (non-hydrogen) atoms. The highest BCUT2D eigenvalue weighted by molar-refractivity contribution is 5.74. The van der Waals surface area contributed by atoms with E-state index in [-0.39, 0.29) is 0 Å². The molecule has 1 unspecified atom stereocenters. The lowest BCUT2D eigenvalue weighted by molar-refractivity contribution is -0.147. The van der Waals surface area contributed by atoms with E-state index in [1.54, 1.807) is 14.0 Å². The molecule has 0 aliphatic carbocycles. The van der Waals surface area contributed by atoms with Crippen LogP contribution in [0.25, 0.3) is 0 Å². The van der Waals surface area contributed by atoms with Gasteiger partial charge < -0.3 is 10.2 Å². The third kappa shape index (κ3) is 1.45. The zero-order valence-corrected chi connectivity index (χ0v) is 6.85. The van der Waals surface area contributed by atoms with Gasteiger partial charge in [-0.25, -0.2) is 4.79 Å². The van der Waals surface area contributed by atoms with Crippen molar-refractivity contribution in [2.24, 2.45) is 7.05 Å². The van der Waals surface area contributed by atoms with Crippen LogP contribution in [0.15, 0.2) is 6.20 Å². The summed E-state index contributed by atoms with van der Waals surface area (Å²) in [5, 5.41) is 21.5. The molecule has 0 saturated heterocycles. The predicted molar refractivity (Wildman–Crippen MR) is 40.5 cm³/mol. The summed E-state index contributed by atoms with van der Waals surface area (Å²) >= 11 is 0. The summed E-state index contributed by atoms with van der Waals surface area (Å²) in [6.07, 6.45) is 0.0207. The third-order valence-corrected chi connectivity index (χ3v) is 1.58. The number of aromatic nitrogens is 2. The molecule has 0 aliphatic rings. The van der Waals surface area contributed by atoms with Gasteiger partial charge in [0.1, 0.15) is 0 Å². The third-order valence-electron chi connectivity index (χ3n) is 1.58. The zero-order valence-electron chi connectivity index (χ0n) is 6.85. The molecule has 0 fully saturated rings. The van der Waals surface area contributed by atoms with E-state index in [2.05, 4.69) is 5.10 Å². The van der Waals surface area contributed by atoms with Gasteiger partial charge in [0.05, 0.1) is 5.69 Å². The Morgan fingerprint density at radius 2 is 2.33 bits per heavy atom. The first-order chi connectivity index (χ1) is 5.52. The molecule has 1 rings (SSSR count). The van der Waals surface area contributed by atoms with Gasteiger partial charge in [0.2, 0.25) is 0 Å². The smallest absolute Gasteiger partial charge is 0.337 e. The van der Waals surface area contributed by atoms with E-state index in [1.807, 2.05) is 0 Å². The van der Waals surface area contributed by atoms with Crippen molar-refractivity contribution < 1.29 is 15.0 Å². The number of carboxylic acids is 1. The van der Waals surface area contributed by atoms with Crippen LogP contribution in [0.5, 0.6) is 0 Å². The fourth-order valence-electron chi connectivity index (χ4n) is 1.02. The molecule has 1 aromatic heterocycles. The van der Waals surface area contributed by atoms with Crippen molar-refractivity contribution in [3.8, 4) is 0 Å². The van der Waals surface area contributed by atoms with Crippen molar-refractivity contribution >= 4 is 5.97 Å². The average molecular weight is 170 g/mol. The molecule has 0 aliphatic heterocycles. The van der Waals surface area contributed by atoms with Gasteiger partial charge in [-0.2, -0.15) is 5.10 Å². The molecule has 0 aromatic carbocycles.